The van der Waals surface area contributed by atoms with E-state index in [0.717, 1.165) is 152 Å². The standard InChI is InChI=1S/C52H63N4O2.C48H24N8.CHF3O3S.Ni/c1-8-11-31-55-43-27-23-37-17-13-15-19-41(37)47(43)51(4,5)45(55)29-25-39-21-22-40(49(39)53-33-35-54(36-34-53)50(57)58-10-3)26-30-46-52(6,7)48-42-20-16-14-18-38(42)24-28-44(48)56(46)32-12-9-2;1-2-10-26-18-34-33(17-25(26)9-1)41-49-42(34)54-44-37-21-29-13-5-6-14-30(29)22-38(37)46(51-44)56-48-40-24-32-16-8-7-15-31(32)23-39(40)47(52-48)55-45-36-20-28-12-4-3-11-27(28)19-35(36)43(50-45)53-41;2-1(3,4)8(5,6)7;/h13-20,23-30H,8-12,21-22,31-36H2,1-7H3;1-24H;(H,5,6,7);/q+1;-2;;+2/p-1. The molecule has 618 valence electrons. The van der Waals surface area contributed by atoms with Crippen molar-refractivity contribution in [1.29, 1.82) is 0 Å². The normalized spacial score (nSPS) is 16.6. The molecule has 0 unspecified atom stereocenters. The molecule has 22 heteroatoms. The van der Waals surface area contributed by atoms with E-state index in [1.807, 2.05) is 60.4 Å². The predicted octanol–water partition coefficient (Wildman–Crippen LogP) is 22.6. The number of amides is 1. The van der Waals surface area contributed by atoms with E-state index >= 15 is 0 Å². The van der Waals surface area contributed by atoms with E-state index in [9.17, 15) is 18.0 Å². The maximum atomic E-state index is 12.8. The van der Waals surface area contributed by atoms with Crippen molar-refractivity contribution < 1.29 is 56.7 Å². The van der Waals surface area contributed by atoms with E-state index in [1.165, 1.54) is 72.3 Å². The molecule has 2 fully saturated rings. The molecule has 0 N–H and O–H groups in total. The van der Waals surface area contributed by atoms with Gasteiger partial charge in [0.15, 0.2) is 23.2 Å². The number of carbonyl (C=O) groups is 1. The maximum Gasteiger partial charge on any atom is 2.00 e. The van der Waals surface area contributed by atoms with Crippen LogP contribution in [0, 0.1) is 0 Å². The molecule has 1 amide bonds. The van der Waals surface area contributed by atoms with Crippen molar-refractivity contribution in [1.82, 2.24) is 44.8 Å². The van der Waals surface area contributed by atoms with Crippen LogP contribution in [0.25, 0.3) is 154 Å². The van der Waals surface area contributed by atoms with Crippen molar-refractivity contribution in [3.05, 3.63) is 276 Å². The molecule has 21 rings (SSSR count). The topological polar surface area (TPSA) is 202 Å². The largest absolute Gasteiger partial charge is 2.00 e. The molecule has 8 bridgehead atoms. The average Bonchev–Trinajstić information content (AvgIpc) is 1.56. The zero-order chi connectivity index (χ0) is 84.1. The van der Waals surface area contributed by atoms with Gasteiger partial charge in [0.25, 0.3) is 0 Å². The van der Waals surface area contributed by atoms with E-state index in [0.29, 0.717) is 65.6 Å². The predicted molar refractivity (Wildman–Crippen MR) is 483 cm³/mol. The summed E-state index contributed by atoms with van der Waals surface area (Å²) in [5.41, 5.74) is 12.1. The van der Waals surface area contributed by atoms with E-state index < -0.39 is 15.6 Å². The number of benzene rings is 12. The van der Waals surface area contributed by atoms with Crippen LogP contribution in [0.5, 0.6) is 0 Å². The first kappa shape index (κ1) is 81.3. The molecule has 0 spiro atoms. The number of alkyl halides is 3. The first-order valence-corrected chi connectivity index (χ1v) is 43.2. The summed E-state index contributed by atoms with van der Waals surface area (Å²) in [5.74, 6) is 2.14. The number of hydrogen-bond acceptors (Lipinski definition) is 13. The molecule has 17 nitrogen and oxygen atoms in total. The zero-order valence-corrected chi connectivity index (χ0v) is 70.9. The van der Waals surface area contributed by atoms with Crippen molar-refractivity contribution in [2.45, 2.75) is 103 Å². The smallest absolute Gasteiger partial charge is 0.741 e. The van der Waals surface area contributed by atoms with E-state index in [1.54, 1.807) is 0 Å². The van der Waals surface area contributed by atoms with E-state index in [-0.39, 0.29) is 33.4 Å². The number of nitrogens with zero attached hydrogens (tertiary/aromatic N) is 12. The van der Waals surface area contributed by atoms with Gasteiger partial charge in [0.05, 0.1) is 43.0 Å². The van der Waals surface area contributed by atoms with Gasteiger partial charge in [0.1, 0.15) is 0 Å². The summed E-state index contributed by atoms with van der Waals surface area (Å²) in [6, 6.07) is 77.4. The Bertz CT molecular complexity index is 6740. The molecule has 3 aromatic heterocycles. The Kier molecular flexibility index (Phi) is 21.3. The van der Waals surface area contributed by atoms with Crippen molar-refractivity contribution in [2.24, 2.45) is 0 Å². The number of aromatic nitrogens is 8. The molecule has 5 aliphatic heterocycles. The van der Waals surface area contributed by atoms with Crippen LogP contribution in [0.2, 0.25) is 0 Å². The summed E-state index contributed by atoms with van der Waals surface area (Å²) in [5, 5.41) is 17.5. The van der Waals surface area contributed by atoms with Gasteiger partial charge in [-0.3, -0.25) is 4.90 Å². The van der Waals surface area contributed by atoms with Crippen LogP contribution in [-0.4, -0.2) is 116 Å². The molecule has 15 aromatic rings. The number of fused-ring (bicyclic) bond motifs is 30. The zero-order valence-electron chi connectivity index (χ0n) is 69.1. The molecule has 1 saturated carbocycles. The average molecular weight is 1700 g/mol. The molecule has 0 radical (unpaired) electrons. The second-order valence-corrected chi connectivity index (χ2v) is 34.4. The Hall–Kier alpha value is -12.7. The molecule has 6 aliphatic rings. The van der Waals surface area contributed by atoms with Crippen LogP contribution in [0.1, 0.15) is 98.1 Å². The second-order valence-electron chi connectivity index (χ2n) is 33.0. The Morgan fingerprint density at radius 3 is 1.07 bits per heavy atom. The van der Waals surface area contributed by atoms with Gasteiger partial charge in [-0.15, -0.1) is 0 Å². The number of unbranched alkanes of at least 4 members (excludes halogenated alkanes) is 2. The summed E-state index contributed by atoms with van der Waals surface area (Å²) >= 11 is 0. The van der Waals surface area contributed by atoms with E-state index in [2.05, 4.69) is 250 Å². The molecule has 12 aromatic carbocycles. The van der Waals surface area contributed by atoms with Gasteiger partial charge < -0.3 is 49.0 Å². The number of carbonyl (C=O) groups excluding carboxylic acids is 1. The summed E-state index contributed by atoms with van der Waals surface area (Å²) < 4.78 is 66.9. The third-order valence-corrected chi connectivity index (χ3v) is 25.3. The van der Waals surface area contributed by atoms with Crippen molar-refractivity contribution >= 4 is 142 Å². The Morgan fingerprint density at radius 2 is 0.764 bits per heavy atom. The summed E-state index contributed by atoms with van der Waals surface area (Å²) in [6.07, 6.45) is 16.2. The Morgan fingerprint density at radius 1 is 0.455 bits per heavy atom. The van der Waals surface area contributed by atoms with Crippen LogP contribution >= 0.6 is 0 Å². The van der Waals surface area contributed by atoms with Crippen LogP contribution in [0.3, 0.4) is 0 Å². The number of halogens is 3. The first-order chi connectivity index (χ1) is 59.0. The molecular weight excluding hydrogens is 1610 g/mol. The Labute approximate surface area is 719 Å². The van der Waals surface area contributed by atoms with Gasteiger partial charge in [-0.1, -0.05) is 224 Å². The van der Waals surface area contributed by atoms with Crippen molar-refractivity contribution in [3.63, 3.8) is 0 Å². The third kappa shape index (κ3) is 14.7. The van der Waals surface area contributed by atoms with Crippen LogP contribution < -0.4 is 19.8 Å². The fraction of sp³-hybridized carbons (Fsp3) is 0.228. The van der Waals surface area contributed by atoms with Crippen LogP contribution in [0.15, 0.2) is 265 Å². The molecule has 1 aliphatic carbocycles. The molecular formula is C101H87F3N12NiO5S. The van der Waals surface area contributed by atoms with Crippen molar-refractivity contribution in [2.75, 3.05) is 55.7 Å². The van der Waals surface area contributed by atoms with Gasteiger partial charge in [-0.05, 0) is 203 Å². The van der Waals surface area contributed by atoms with Gasteiger partial charge in [0.2, 0.25) is 5.71 Å². The number of anilines is 2. The van der Waals surface area contributed by atoms with Crippen molar-refractivity contribution in [3.8, 4) is 45.6 Å². The summed E-state index contributed by atoms with van der Waals surface area (Å²) in [6.45, 7) is 21.4. The molecule has 1 saturated heterocycles. The third-order valence-electron chi connectivity index (χ3n) is 24.7. The SMILES string of the molecule is CCCCN1C(=CC=C2CC/C(=C\C=C3\N(CCCC)c4ccc5ccccc5c4C3(C)C)C2=[N+]2CCN(C(=O)OCC)CC2)C(C)(C)c2c1ccc1ccccc21.O=S(=O)([O-])C(F)(F)F.[Ni+2].c1ccc2cc3c(cc2c1)-c1nc-3nc2[n-]c(nc3nc(nc4[n-]c(n1)c1cc5ccccc5cc41)-c1cc4ccccc4cc1-3)c1cc3ccccc3cc21. The minimum absolute atomic E-state index is 0. The van der Waals surface area contributed by atoms with Crippen LogP contribution in [-0.2, 0) is 42.2 Å². The number of ether oxygens (including phenoxy) is 1. The quantitative estimate of drug-likeness (QED) is 0.0571. The number of allylic oxidation sites excluding steroid dienone is 8. The molecule has 123 heavy (non-hydrogen) atoms. The van der Waals surface area contributed by atoms with Gasteiger partial charge in [-0.25, -0.2) is 27.8 Å². The van der Waals surface area contributed by atoms with E-state index in [4.69, 9.17) is 57.6 Å². The number of hydrogen-bond donors (Lipinski definition) is 0. The molecule has 0 atom stereocenters. The van der Waals surface area contributed by atoms with Gasteiger partial charge >= 0.3 is 28.1 Å². The van der Waals surface area contributed by atoms with Gasteiger partial charge in [-0.2, -0.15) is 13.2 Å². The van der Waals surface area contributed by atoms with Crippen LogP contribution in [0.4, 0.5) is 29.3 Å². The summed E-state index contributed by atoms with van der Waals surface area (Å²) in [7, 11) is -6.09. The fourth-order valence-corrected chi connectivity index (χ4v) is 18.7. The maximum absolute atomic E-state index is 12.8. The summed E-state index contributed by atoms with van der Waals surface area (Å²) in [4.78, 5) is 61.4. The first-order valence-electron chi connectivity index (χ1n) is 41.8. The molecule has 8 heterocycles. The Balaban J connectivity index is 0.000000153. The fourth-order valence-electron chi connectivity index (χ4n) is 18.7. The number of piperazine rings is 1. The minimum atomic E-state index is -6.09. The minimum Gasteiger partial charge on any atom is -0.741 e. The van der Waals surface area contributed by atoms with Gasteiger partial charge in [0, 0.05) is 103 Å². The monoisotopic (exact) mass is 1690 g/mol. The second kappa shape index (κ2) is 32.2. The number of rotatable bonds is 9.